The van der Waals surface area contributed by atoms with Crippen LogP contribution in [0.2, 0.25) is 0 Å². The molecule has 5 nitrogen and oxygen atoms in total. The summed E-state index contributed by atoms with van der Waals surface area (Å²) in [5.41, 5.74) is 6.10. The molecule has 1 aliphatic rings. The van der Waals surface area contributed by atoms with E-state index in [0.717, 1.165) is 12.8 Å². The molecule has 6 heteroatoms. The van der Waals surface area contributed by atoms with E-state index >= 15 is 0 Å². The molecule has 1 saturated carbocycles. The monoisotopic (exact) mass is 294 g/mol. The average Bonchev–Trinajstić information content (AvgIpc) is 3.22. The quantitative estimate of drug-likeness (QED) is 0.634. The van der Waals surface area contributed by atoms with Crippen molar-refractivity contribution < 1.29 is 13.2 Å². The Labute approximate surface area is 119 Å². The van der Waals surface area contributed by atoms with Crippen molar-refractivity contribution >= 4 is 15.7 Å². The number of terminal acetylenes is 1. The number of hydrogen-bond acceptors (Lipinski definition) is 4. The minimum absolute atomic E-state index is 0.0749. The van der Waals surface area contributed by atoms with Crippen LogP contribution in [0.4, 0.5) is 5.69 Å². The van der Waals surface area contributed by atoms with Crippen molar-refractivity contribution in [2.24, 2.45) is 5.92 Å². The standard InChI is InChI=1S/C14H18N2O3S/c1-3-8-16(10-11-4-5-11)20(17,18)12-6-7-13(15)14(9-12)19-2/h1,6-7,9,11H,4-5,8,10,15H2,2H3. The molecule has 1 aliphatic carbocycles. The van der Waals surface area contributed by atoms with Gasteiger partial charge in [-0.25, -0.2) is 8.42 Å². The van der Waals surface area contributed by atoms with E-state index in [9.17, 15) is 8.42 Å². The summed E-state index contributed by atoms with van der Waals surface area (Å²) in [6.45, 7) is 0.546. The Morgan fingerprint density at radius 2 is 2.20 bits per heavy atom. The van der Waals surface area contributed by atoms with Crippen molar-refractivity contribution in [3.05, 3.63) is 18.2 Å². The Kier molecular flexibility index (Phi) is 4.21. The highest BCUT2D eigenvalue weighted by Gasteiger charge is 2.31. The van der Waals surface area contributed by atoms with Crippen LogP contribution in [0.1, 0.15) is 12.8 Å². The second-order valence-corrected chi connectivity index (χ2v) is 6.79. The number of nitrogen functional groups attached to an aromatic ring is 1. The van der Waals surface area contributed by atoms with Gasteiger partial charge in [-0.15, -0.1) is 6.42 Å². The molecular formula is C14H18N2O3S. The number of methoxy groups -OCH3 is 1. The van der Waals surface area contributed by atoms with Gasteiger partial charge in [0.15, 0.2) is 0 Å². The van der Waals surface area contributed by atoms with Gasteiger partial charge in [0.25, 0.3) is 0 Å². The van der Waals surface area contributed by atoms with E-state index < -0.39 is 10.0 Å². The number of nitrogens with two attached hydrogens (primary N) is 1. The third kappa shape index (κ3) is 3.06. The van der Waals surface area contributed by atoms with Crippen LogP contribution < -0.4 is 10.5 Å². The van der Waals surface area contributed by atoms with E-state index in [0.29, 0.717) is 23.9 Å². The van der Waals surface area contributed by atoms with Crippen molar-refractivity contribution in [1.82, 2.24) is 4.31 Å². The zero-order valence-corrected chi connectivity index (χ0v) is 12.2. The molecule has 0 heterocycles. The summed E-state index contributed by atoms with van der Waals surface area (Å²) in [7, 11) is -2.16. The van der Waals surface area contributed by atoms with Gasteiger partial charge in [0.2, 0.25) is 10.0 Å². The molecule has 2 N–H and O–H groups in total. The fourth-order valence-corrected chi connectivity index (χ4v) is 3.38. The van der Waals surface area contributed by atoms with Crippen LogP contribution in [0, 0.1) is 18.3 Å². The third-order valence-electron chi connectivity index (χ3n) is 3.27. The average molecular weight is 294 g/mol. The van der Waals surface area contributed by atoms with Crippen molar-refractivity contribution in [1.29, 1.82) is 0 Å². The molecule has 0 amide bonds. The van der Waals surface area contributed by atoms with E-state index in [1.165, 1.54) is 29.6 Å². The summed E-state index contributed by atoms with van der Waals surface area (Å²) in [4.78, 5) is 0.152. The number of benzene rings is 1. The van der Waals surface area contributed by atoms with Crippen molar-refractivity contribution in [2.75, 3.05) is 25.9 Å². The molecule has 0 saturated heterocycles. The molecular weight excluding hydrogens is 276 g/mol. The van der Waals surface area contributed by atoms with Crippen LogP contribution in [0.15, 0.2) is 23.1 Å². The molecule has 1 fully saturated rings. The molecule has 0 aliphatic heterocycles. The highest BCUT2D eigenvalue weighted by Crippen LogP contribution is 2.32. The number of nitrogens with zero attached hydrogens (tertiary/aromatic N) is 1. The van der Waals surface area contributed by atoms with Crippen LogP contribution in [0.5, 0.6) is 5.75 Å². The minimum Gasteiger partial charge on any atom is -0.495 e. The SMILES string of the molecule is C#CCN(CC1CC1)S(=O)(=O)c1ccc(N)c(OC)c1. The summed E-state index contributed by atoms with van der Waals surface area (Å²) >= 11 is 0. The van der Waals surface area contributed by atoms with Gasteiger partial charge < -0.3 is 10.5 Å². The molecule has 0 bridgehead atoms. The van der Waals surface area contributed by atoms with E-state index in [1.54, 1.807) is 0 Å². The molecule has 20 heavy (non-hydrogen) atoms. The first-order chi connectivity index (χ1) is 9.48. The van der Waals surface area contributed by atoms with E-state index in [1.807, 2.05) is 0 Å². The summed E-state index contributed by atoms with van der Waals surface area (Å²) in [5.74, 6) is 3.18. The Balaban J connectivity index is 2.33. The summed E-state index contributed by atoms with van der Waals surface area (Å²) in [6.07, 6.45) is 7.39. The predicted molar refractivity (Wildman–Crippen MR) is 77.7 cm³/mol. The molecule has 0 radical (unpaired) electrons. The number of rotatable bonds is 6. The molecule has 0 aromatic heterocycles. The molecule has 108 valence electrons. The number of sulfonamides is 1. The van der Waals surface area contributed by atoms with Crippen LogP contribution in [-0.2, 0) is 10.0 Å². The molecule has 1 aromatic rings. The third-order valence-corrected chi connectivity index (χ3v) is 5.08. The van der Waals surface area contributed by atoms with Crippen molar-refractivity contribution in [3.8, 4) is 18.1 Å². The predicted octanol–water partition coefficient (Wildman–Crippen LogP) is 1.31. The minimum atomic E-state index is -3.61. The fraction of sp³-hybridized carbons (Fsp3) is 0.429. The molecule has 0 unspecified atom stereocenters. The van der Waals surface area contributed by atoms with Crippen LogP contribution >= 0.6 is 0 Å². The van der Waals surface area contributed by atoms with Gasteiger partial charge in [-0.2, -0.15) is 4.31 Å². The van der Waals surface area contributed by atoms with Gasteiger partial charge >= 0.3 is 0 Å². The van der Waals surface area contributed by atoms with E-state index in [2.05, 4.69) is 5.92 Å². The second kappa shape index (κ2) is 5.73. The Morgan fingerprint density at radius 1 is 1.50 bits per heavy atom. The Hall–Kier alpha value is -1.71. The van der Waals surface area contributed by atoms with Crippen LogP contribution in [0.25, 0.3) is 0 Å². The largest absolute Gasteiger partial charge is 0.495 e. The lowest BCUT2D eigenvalue weighted by molar-refractivity contribution is 0.413. The van der Waals surface area contributed by atoms with Gasteiger partial charge in [0, 0.05) is 12.6 Å². The topological polar surface area (TPSA) is 72.6 Å². The Bertz CT molecular complexity index is 630. The lowest BCUT2D eigenvalue weighted by atomic mass is 10.3. The summed E-state index contributed by atoms with van der Waals surface area (Å²) < 4.78 is 31.6. The first-order valence-electron chi connectivity index (χ1n) is 6.36. The lowest BCUT2D eigenvalue weighted by Crippen LogP contribution is -2.33. The maximum Gasteiger partial charge on any atom is 0.244 e. The molecule has 0 atom stereocenters. The van der Waals surface area contributed by atoms with Crippen molar-refractivity contribution in [3.63, 3.8) is 0 Å². The first kappa shape index (κ1) is 14.7. The van der Waals surface area contributed by atoms with E-state index in [-0.39, 0.29) is 11.4 Å². The van der Waals surface area contributed by atoms with Gasteiger partial charge in [-0.1, -0.05) is 5.92 Å². The van der Waals surface area contributed by atoms with Gasteiger partial charge in [-0.05, 0) is 30.9 Å². The van der Waals surface area contributed by atoms with Crippen molar-refractivity contribution in [2.45, 2.75) is 17.7 Å². The number of anilines is 1. The van der Waals surface area contributed by atoms with E-state index in [4.69, 9.17) is 16.9 Å². The fourth-order valence-electron chi connectivity index (χ4n) is 1.94. The first-order valence-corrected chi connectivity index (χ1v) is 7.80. The lowest BCUT2D eigenvalue weighted by Gasteiger charge is -2.20. The second-order valence-electron chi connectivity index (χ2n) is 4.85. The zero-order chi connectivity index (χ0) is 14.8. The van der Waals surface area contributed by atoms with Gasteiger partial charge in [-0.3, -0.25) is 0 Å². The maximum absolute atomic E-state index is 12.6. The highest BCUT2D eigenvalue weighted by atomic mass is 32.2. The number of ether oxygens (including phenoxy) is 1. The van der Waals surface area contributed by atoms with Gasteiger partial charge in [0.1, 0.15) is 5.75 Å². The van der Waals surface area contributed by atoms with Gasteiger partial charge in [0.05, 0.1) is 24.2 Å². The smallest absolute Gasteiger partial charge is 0.244 e. The zero-order valence-electron chi connectivity index (χ0n) is 11.4. The summed E-state index contributed by atoms with van der Waals surface area (Å²) in [5, 5.41) is 0. The molecule has 0 spiro atoms. The highest BCUT2D eigenvalue weighted by molar-refractivity contribution is 7.89. The normalized spacial score (nSPS) is 15.1. The maximum atomic E-state index is 12.6. The Morgan fingerprint density at radius 3 is 2.75 bits per heavy atom. The molecule has 2 rings (SSSR count). The molecule has 1 aromatic carbocycles. The number of hydrogen-bond donors (Lipinski definition) is 1. The summed E-state index contributed by atoms with van der Waals surface area (Å²) in [6, 6.07) is 4.43. The van der Waals surface area contributed by atoms with Crippen LogP contribution in [0.3, 0.4) is 0 Å². The van der Waals surface area contributed by atoms with Crippen LogP contribution in [-0.4, -0.2) is 32.9 Å².